The number of aromatic nitrogens is 1. The fourth-order valence-corrected chi connectivity index (χ4v) is 3.39. The van der Waals surface area contributed by atoms with Gasteiger partial charge in [0.05, 0.1) is 17.4 Å². The number of anilines is 1. The van der Waals surface area contributed by atoms with E-state index in [1.165, 1.54) is 11.8 Å². The largest absolute Gasteiger partial charge is 0.353 e. The summed E-state index contributed by atoms with van der Waals surface area (Å²) < 4.78 is 0. The Morgan fingerprint density at radius 2 is 1.88 bits per heavy atom. The molecule has 0 atom stereocenters. The van der Waals surface area contributed by atoms with E-state index in [-0.39, 0.29) is 5.91 Å². The van der Waals surface area contributed by atoms with Gasteiger partial charge in [0.2, 0.25) is 5.91 Å². The van der Waals surface area contributed by atoms with Crippen LogP contribution in [0, 0.1) is 11.3 Å². The molecule has 5 nitrogen and oxygen atoms in total. The second-order valence-electron chi connectivity index (χ2n) is 5.48. The lowest BCUT2D eigenvalue weighted by Gasteiger charge is -2.35. The van der Waals surface area contributed by atoms with E-state index in [2.05, 4.69) is 16.0 Å². The van der Waals surface area contributed by atoms with E-state index in [9.17, 15) is 4.79 Å². The molecule has 0 saturated carbocycles. The molecule has 2 heterocycles. The summed E-state index contributed by atoms with van der Waals surface area (Å²) in [6.45, 7) is 3.07. The summed E-state index contributed by atoms with van der Waals surface area (Å²) in [7, 11) is 0. The molecule has 1 aromatic carbocycles. The van der Waals surface area contributed by atoms with Gasteiger partial charge in [-0.3, -0.25) is 4.79 Å². The first kappa shape index (κ1) is 16.3. The summed E-state index contributed by atoms with van der Waals surface area (Å²) in [5.74, 6) is 1.55. The van der Waals surface area contributed by atoms with Crippen LogP contribution in [0.4, 0.5) is 5.82 Å². The SMILES string of the molecule is N#Cc1ccc(SCC(=O)N2CCN(c3ccccn3)CC2)cc1. The molecule has 1 saturated heterocycles. The van der Waals surface area contributed by atoms with Crippen molar-refractivity contribution in [3.05, 3.63) is 54.2 Å². The van der Waals surface area contributed by atoms with E-state index in [0.717, 1.165) is 36.9 Å². The van der Waals surface area contributed by atoms with Crippen LogP contribution < -0.4 is 4.90 Å². The Labute approximate surface area is 145 Å². The molecule has 1 aliphatic rings. The summed E-state index contributed by atoms with van der Waals surface area (Å²) in [4.78, 5) is 21.8. The molecule has 1 aromatic heterocycles. The number of hydrogen-bond donors (Lipinski definition) is 0. The van der Waals surface area contributed by atoms with Gasteiger partial charge < -0.3 is 9.80 Å². The first-order valence-corrected chi connectivity index (χ1v) is 8.81. The van der Waals surface area contributed by atoms with E-state index < -0.39 is 0 Å². The molecule has 0 radical (unpaired) electrons. The first-order valence-electron chi connectivity index (χ1n) is 7.83. The van der Waals surface area contributed by atoms with Gasteiger partial charge in [-0.1, -0.05) is 6.07 Å². The fourth-order valence-electron chi connectivity index (χ4n) is 2.59. The molecule has 0 bridgehead atoms. The van der Waals surface area contributed by atoms with E-state index >= 15 is 0 Å². The zero-order valence-electron chi connectivity index (χ0n) is 13.3. The van der Waals surface area contributed by atoms with Gasteiger partial charge in [0.25, 0.3) is 0 Å². The van der Waals surface area contributed by atoms with Crippen molar-refractivity contribution < 1.29 is 4.79 Å². The number of carbonyl (C=O) groups excluding carboxylic acids is 1. The maximum Gasteiger partial charge on any atom is 0.233 e. The molecule has 24 heavy (non-hydrogen) atoms. The molecular formula is C18H18N4OS. The highest BCUT2D eigenvalue weighted by Crippen LogP contribution is 2.19. The summed E-state index contributed by atoms with van der Waals surface area (Å²) in [6.07, 6.45) is 1.79. The van der Waals surface area contributed by atoms with Crippen LogP contribution in [0.25, 0.3) is 0 Å². The van der Waals surface area contributed by atoms with Crippen LogP contribution in [0.15, 0.2) is 53.6 Å². The summed E-state index contributed by atoms with van der Waals surface area (Å²) in [5.41, 5.74) is 0.635. The number of hydrogen-bond acceptors (Lipinski definition) is 5. The fraction of sp³-hybridized carbons (Fsp3) is 0.278. The minimum absolute atomic E-state index is 0.157. The third-order valence-electron chi connectivity index (χ3n) is 3.95. The van der Waals surface area contributed by atoms with Crippen LogP contribution in [0.2, 0.25) is 0 Å². The lowest BCUT2D eigenvalue weighted by molar-refractivity contribution is -0.128. The molecule has 2 aromatic rings. The van der Waals surface area contributed by atoms with Crippen molar-refractivity contribution >= 4 is 23.5 Å². The lowest BCUT2D eigenvalue weighted by atomic mass is 10.2. The van der Waals surface area contributed by atoms with Gasteiger partial charge in [0, 0.05) is 37.3 Å². The molecule has 1 fully saturated rings. The second-order valence-corrected chi connectivity index (χ2v) is 6.53. The minimum Gasteiger partial charge on any atom is -0.353 e. The van der Waals surface area contributed by atoms with Gasteiger partial charge in [-0.25, -0.2) is 4.98 Å². The Balaban J connectivity index is 1.47. The highest BCUT2D eigenvalue weighted by Gasteiger charge is 2.21. The number of benzene rings is 1. The Bertz CT molecular complexity index is 719. The predicted octanol–water partition coefficient (Wildman–Crippen LogP) is 2.39. The van der Waals surface area contributed by atoms with Gasteiger partial charge in [-0.2, -0.15) is 5.26 Å². The zero-order chi connectivity index (χ0) is 16.8. The van der Waals surface area contributed by atoms with Crippen molar-refractivity contribution in [2.75, 3.05) is 36.8 Å². The van der Waals surface area contributed by atoms with Crippen molar-refractivity contribution in [2.24, 2.45) is 0 Å². The topological polar surface area (TPSA) is 60.2 Å². The van der Waals surface area contributed by atoms with E-state index in [4.69, 9.17) is 5.26 Å². The number of piperazine rings is 1. The quantitative estimate of drug-likeness (QED) is 0.801. The van der Waals surface area contributed by atoms with Crippen LogP contribution >= 0.6 is 11.8 Å². The second kappa shape index (κ2) is 7.84. The highest BCUT2D eigenvalue weighted by atomic mass is 32.2. The van der Waals surface area contributed by atoms with Gasteiger partial charge in [-0.15, -0.1) is 11.8 Å². The number of thioether (sulfide) groups is 1. The van der Waals surface area contributed by atoms with Crippen molar-refractivity contribution in [1.29, 1.82) is 5.26 Å². The molecule has 1 amide bonds. The van der Waals surface area contributed by atoms with Crippen molar-refractivity contribution in [2.45, 2.75) is 4.90 Å². The Morgan fingerprint density at radius 1 is 1.12 bits per heavy atom. The molecule has 1 aliphatic heterocycles. The van der Waals surface area contributed by atoms with Crippen molar-refractivity contribution in [3.8, 4) is 6.07 Å². The standard InChI is InChI=1S/C18H18N4OS/c19-13-15-4-6-16(7-5-15)24-14-18(23)22-11-9-21(10-12-22)17-3-1-2-8-20-17/h1-8H,9-12,14H2. The number of rotatable bonds is 4. The summed E-state index contributed by atoms with van der Waals surface area (Å²) in [6, 6.07) is 15.3. The minimum atomic E-state index is 0.157. The number of nitrogens with zero attached hydrogens (tertiary/aromatic N) is 4. The Morgan fingerprint density at radius 3 is 2.50 bits per heavy atom. The zero-order valence-corrected chi connectivity index (χ0v) is 14.1. The van der Waals surface area contributed by atoms with Gasteiger partial charge in [0.1, 0.15) is 5.82 Å². The third-order valence-corrected chi connectivity index (χ3v) is 4.95. The van der Waals surface area contributed by atoms with Gasteiger partial charge >= 0.3 is 0 Å². The number of pyridine rings is 1. The normalized spacial score (nSPS) is 14.3. The van der Waals surface area contributed by atoms with Crippen LogP contribution in [0.5, 0.6) is 0 Å². The average molecular weight is 338 g/mol. The van der Waals surface area contributed by atoms with Crippen LogP contribution in [-0.2, 0) is 4.79 Å². The van der Waals surface area contributed by atoms with Crippen LogP contribution in [0.3, 0.4) is 0 Å². The molecule has 0 aliphatic carbocycles. The third kappa shape index (κ3) is 4.06. The Kier molecular flexibility index (Phi) is 5.34. The summed E-state index contributed by atoms with van der Waals surface area (Å²) in [5, 5.41) is 8.79. The molecule has 0 N–H and O–H groups in total. The van der Waals surface area contributed by atoms with Crippen LogP contribution in [-0.4, -0.2) is 47.7 Å². The molecule has 3 rings (SSSR count). The molecule has 122 valence electrons. The van der Waals surface area contributed by atoms with Crippen LogP contribution in [0.1, 0.15) is 5.56 Å². The van der Waals surface area contributed by atoms with Crippen molar-refractivity contribution in [3.63, 3.8) is 0 Å². The maximum absolute atomic E-state index is 12.4. The average Bonchev–Trinajstić information content (AvgIpc) is 2.67. The highest BCUT2D eigenvalue weighted by molar-refractivity contribution is 8.00. The van der Waals surface area contributed by atoms with E-state index in [1.54, 1.807) is 18.3 Å². The smallest absolute Gasteiger partial charge is 0.233 e. The summed E-state index contributed by atoms with van der Waals surface area (Å²) >= 11 is 1.51. The van der Waals surface area contributed by atoms with Crippen molar-refractivity contribution in [1.82, 2.24) is 9.88 Å². The molecule has 6 heteroatoms. The van der Waals surface area contributed by atoms with Gasteiger partial charge in [-0.05, 0) is 36.4 Å². The molecule has 0 spiro atoms. The molecular weight excluding hydrogens is 320 g/mol. The number of nitriles is 1. The lowest BCUT2D eigenvalue weighted by Crippen LogP contribution is -2.49. The Hall–Kier alpha value is -2.52. The monoisotopic (exact) mass is 338 g/mol. The van der Waals surface area contributed by atoms with Gasteiger partial charge in [0.15, 0.2) is 0 Å². The van der Waals surface area contributed by atoms with E-state index in [1.807, 2.05) is 35.2 Å². The number of amides is 1. The number of carbonyl (C=O) groups is 1. The maximum atomic E-state index is 12.4. The predicted molar refractivity (Wildman–Crippen MR) is 94.9 cm³/mol. The first-order chi connectivity index (χ1) is 11.8. The van der Waals surface area contributed by atoms with E-state index in [0.29, 0.717) is 11.3 Å². The molecule has 0 unspecified atom stereocenters.